The number of phenolic OH excluding ortho intramolecular Hbond substituents is 1. The van der Waals surface area contributed by atoms with Crippen molar-refractivity contribution >= 4 is 48.0 Å². The van der Waals surface area contributed by atoms with Gasteiger partial charge in [0.2, 0.25) is 10.3 Å². The Morgan fingerprint density at radius 2 is 1.89 bits per heavy atom. The zero-order valence-corrected chi connectivity index (χ0v) is 22.8. The van der Waals surface area contributed by atoms with Gasteiger partial charge in [0.15, 0.2) is 0 Å². The summed E-state index contributed by atoms with van der Waals surface area (Å²) in [6, 6.07) is 5.41. The Morgan fingerprint density at radius 3 is 2.50 bits per heavy atom. The van der Waals surface area contributed by atoms with Gasteiger partial charge in [0, 0.05) is 37.6 Å². The Hall–Kier alpha value is -2.87. The predicted molar refractivity (Wildman–Crippen MR) is 138 cm³/mol. The Balaban J connectivity index is 2.08. The molecule has 13 heteroatoms. The first kappa shape index (κ1) is 28.1. The molecule has 0 saturated carbocycles. The molecule has 0 amide bonds. The largest absolute Gasteiger partial charge is 0.506 e. The van der Waals surface area contributed by atoms with E-state index in [-0.39, 0.29) is 41.1 Å². The van der Waals surface area contributed by atoms with Crippen LogP contribution in [-0.2, 0) is 39.5 Å². The number of rotatable bonds is 6. The maximum absolute atomic E-state index is 13.5. The number of nitrogens with zero attached hydrogens (tertiary/aromatic N) is 2. The number of hydrogen-bond acceptors (Lipinski definition) is 7. The molecule has 0 aliphatic carbocycles. The number of fused-ring (bicyclic) bond motifs is 1. The van der Waals surface area contributed by atoms with E-state index in [0.29, 0.717) is 41.9 Å². The van der Waals surface area contributed by atoms with Gasteiger partial charge in [-0.3, -0.25) is 4.90 Å². The van der Waals surface area contributed by atoms with Gasteiger partial charge in [-0.25, -0.2) is 4.79 Å². The van der Waals surface area contributed by atoms with Crippen LogP contribution in [0.5, 0.6) is 5.75 Å². The van der Waals surface area contributed by atoms with E-state index in [1.54, 1.807) is 6.92 Å². The summed E-state index contributed by atoms with van der Waals surface area (Å²) in [4.78, 5) is 14.9. The van der Waals surface area contributed by atoms with Crippen molar-refractivity contribution in [1.29, 1.82) is 0 Å². The maximum atomic E-state index is 13.5. The van der Waals surface area contributed by atoms with Gasteiger partial charge in [-0.05, 0) is 46.6 Å². The fourth-order valence-corrected chi connectivity index (χ4v) is 5.75. The maximum Gasteiger partial charge on any atom is 0.416 e. The molecule has 2 aromatic carbocycles. The molecule has 204 valence electrons. The molecular weight excluding hydrogens is 593 g/mol. The summed E-state index contributed by atoms with van der Waals surface area (Å²) >= 11 is 3.33. The van der Waals surface area contributed by atoms with Crippen molar-refractivity contribution in [1.82, 2.24) is 9.47 Å². The molecule has 0 atom stereocenters. The standard InChI is InChI=1S/C25H24BrF3N2O6S/c1-3-37-24(33)20-19-16(13-31-7-9-36-10-8-31)22(32)17(26)12-18(19)30(2)21(20)23(38(34)35)14-5-4-6-15(11-14)25(27,28)29/h4-6,11-12,32H,3,7-10,13H2,1-2H3. The molecule has 0 radical (unpaired) electrons. The summed E-state index contributed by atoms with van der Waals surface area (Å²) in [5, 5.41) is 11.3. The zero-order chi connectivity index (χ0) is 27.8. The molecule has 8 nitrogen and oxygen atoms in total. The van der Waals surface area contributed by atoms with Crippen molar-refractivity contribution in [2.45, 2.75) is 19.6 Å². The lowest BCUT2D eigenvalue weighted by atomic mass is 9.99. The molecule has 2 heterocycles. The van der Waals surface area contributed by atoms with Crippen LogP contribution in [-0.4, -0.2) is 66.7 Å². The van der Waals surface area contributed by atoms with Gasteiger partial charge in [0.25, 0.3) is 0 Å². The normalized spacial score (nSPS) is 14.6. The van der Waals surface area contributed by atoms with Gasteiger partial charge >= 0.3 is 12.1 Å². The fraction of sp³-hybridized carbons (Fsp3) is 0.360. The number of carbonyl (C=O) groups excluding carboxylic acids is 1. The quantitative estimate of drug-likeness (QED) is 0.253. The number of morpholine rings is 1. The summed E-state index contributed by atoms with van der Waals surface area (Å²) < 4.78 is 78.0. The van der Waals surface area contributed by atoms with Crippen LogP contribution in [0.4, 0.5) is 13.2 Å². The number of halogens is 4. The van der Waals surface area contributed by atoms with E-state index in [9.17, 15) is 31.5 Å². The average Bonchev–Trinajstić information content (AvgIpc) is 3.14. The van der Waals surface area contributed by atoms with Crippen molar-refractivity contribution < 1.29 is 41.0 Å². The minimum Gasteiger partial charge on any atom is -0.506 e. The van der Waals surface area contributed by atoms with Crippen molar-refractivity contribution in [3.8, 4) is 5.75 Å². The van der Waals surface area contributed by atoms with Crippen molar-refractivity contribution in [2.75, 3.05) is 32.9 Å². The second kappa shape index (κ2) is 11.1. The molecule has 0 bridgehead atoms. The molecule has 1 aliphatic heterocycles. The molecule has 1 aliphatic rings. The van der Waals surface area contributed by atoms with Crippen LogP contribution < -0.4 is 0 Å². The Morgan fingerprint density at radius 1 is 1.21 bits per heavy atom. The van der Waals surface area contributed by atoms with Gasteiger partial charge in [0.05, 0.1) is 46.6 Å². The van der Waals surface area contributed by atoms with E-state index in [1.165, 1.54) is 23.7 Å². The third-order valence-electron chi connectivity index (χ3n) is 6.32. The van der Waals surface area contributed by atoms with Crippen LogP contribution in [0.2, 0.25) is 0 Å². The summed E-state index contributed by atoms with van der Waals surface area (Å²) in [6.45, 7) is 3.84. The van der Waals surface area contributed by atoms with E-state index in [1.807, 2.05) is 4.90 Å². The average molecular weight is 617 g/mol. The number of esters is 1. The van der Waals surface area contributed by atoms with Gasteiger partial charge in [-0.2, -0.15) is 21.6 Å². The second-order valence-corrected chi connectivity index (χ2v) is 10.3. The van der Waals surface area contributed by atoms with Gasteiger partial charge < -0.3 is 19.1 Å². The minimum absolute atomic E-state index is 0.0324. The van der Waals surface area contributed by atoms with Crippen LogP contribution in [0, 0.1) is 0 Å². The van der Waals surface area contributed by atoms with Crippen LogP contribution >= 0.6 is 15.9 Å². The van der Waals surface area contributed by atoms with E-state index in [0.717, 1.165) is 18.2 Å². The molecule has 4 rings (SSSR count). The van der Waals surface area contributed by atoms with Crippen LogP contribution in [0.25, 0.3) is 10.9 Å². The molecule has 0 spiro atoms. The highest BCUT2D eigenvalue weighted by molar-refractivity contribution is 9.10. The SMILES string of the molecule is CCOC(=O)c1c(C(c2cccc(C(F)(F)F)c2)=S(=O)=O)n(C)c2cc(Br)c(O)c(CN3CCOCC3)c12. The smallest absolute Gasteiger partial charge is 0.416 e. The number of ether oxygens (including phenoxy) is 2. The number of hydrogen-bond donors (Lipinski definition) is 1. The number of benzene rings is 2. The number of aromatic nitrogens is 1. The van der Waals surface area contributed by atoms with E-state index in [2.05, 4.69) is 15.9 Å². The van der Waals surface area contributed by atoms with Crippen LogP contribution in [0.3, 0.4) is 0 Å². The zero-order valence-electron chi connectivity index (χ0n) is 20.4. The number of aryl methyl sites for hydroxylation is 1. The number of phenols is 1. The predicted octanol–water partition coefficient (Wildman–Crippen LogP) is 4.12. The topological polar surface area (TPSA) is 98.1 Å². The van der Waals surface area contributed by atoms with E-state index < -0.39 is 32.9 Å². The molecule has 1 fully saturated rings. The van der Waals surface area contributed by atoms with E-state index >= 15 is 0 Å². The van der Waals surface area contributed by atoms with Gasteiger partial charge in [-0.1, -0.05) is 12.1 Å². The second-order valence-electron chi connectivity index (χ2n) is 8.61. The van der Waals surface area contributed by atoms with Crippen LogP contribution in [0.15, 0.2) is 34.8 Å². The monoisotopic (exact) mass is 616 g/mol. The minimum atomic E-state index is -4.71. The highest BCUT2D eigenvalue weighted by Gasteiger charge is 2.34. The Labute approximate surface area is 226 Å². The summed E-state index contributed by atoms with van der Waals surface area (Å²) in [7, 11) is -1.56. The molecular formula is C25H24BrF3N2O6S. The van der Waals surface area contributed by atoms with Crippen molar-refractivity contribution in [3.63, 3.8) is 0 Å². The fourth-order valence-electron chi connectivity index (χ4n) is 4.58. The van der Waals surface area contributed by atoms with Crippen molar-refractivity contribution in [3.05, 3.63) is 62.8 Å². The lowest BCUT2D eigenvalue weighted by molar-refractivity contribution is -0.137. The van der Waals surface area contributed by atoms with Crippen LogP contribution in [0.1, 0.15) is 39.7 Å². The molecule has 1 saturated heterocycles. The Bertz CT molecular complexity index is 1530. The summed E-state index contributed by atoms with van der Waals surface area (Å²) in [6.07, 6.45) is -4.71. The molecule has 1 N–H and O–H groups in total. The molecule has 38 heavy (non-hydrogen) atoms. The van der Waals surface area contributed by atoms with E-state index in [4.69, 9.17) is 9.47 Å². The number of carbonyl (C=O) groups is 1. The molecule has 1 aromatic heterocycles. The Kier molecular flexibility index (Phi) is 8.21. The first-order valence-corrected chi connectivity index (χ1v) is 13.5. The first-order chi connectivity index (χ1) is 18.0. The highest BCUT2D eigenvalue weighted by atomic mass is 79.9. The van der Waals surface area contributed by atoms with Gasteiger partial charge in [0.1, 0.15) is 10.6 Å². The highest BCUT2D eigenvalue weighted by Crippen LogP contribution is 2.41. The third kappa shape index (κ3) is 5.33. The number of aromatic hydroxyl groups is 1. The summed E-state index contributed by atoms with van der Waals surface area (Å²) in [5.41, 5.74) is -0.864. The van der Waals surface area contributed by atoms with Gasteiger partial charge in [-0.15, -0.1) is 0 Å². The third-order valence-corrected chi connectivity index (χ3v) is 7.68. The first-order valence-electron chi connectivity index (χ1n) is 11.6. The number of alkyl halides is 3. The molecule has 3 aromatic rings. The van der Waals surface area contributed by atoms with Crippen molar-refractivity contribution in [2.24, 2.45) is 7.05 Å². The molecule has 0 unspecified atom stereocenters. The summed E-state index contributed by atoms with van der Waals surface area (Å²) in [5.74, 6) is -1.01. The lowest BCUT2D eigenvalue weighted by Gasteiger charge is -2.27. The lowest BCUT2D eigenvalue weighted by Crippen LogP contribution is -2.35.